The molecule has 0 spiro atoms. The molecule has 0 aromatic heterocycles. The first-order valence-electron chi connectivity index (χ1n) is 1.15. The molecule has 0 amide bonds. The van der Waals surface area contributed by atoms with Crippen molar-refractivity contribution in [3.63, 3.8) is 0 Å². The maximum Gasteiger partial charge on any atom is 0.246 e. The average molecular weight is 124 g/mol. The minimum atomic E-state index is -0.100. The topological polar surface area (TPSA) is 17.1 Å². The predicted molar refractivity (Wildman–Crippen MR) is 25.5 cm³/mol. The van der Waals surface area contributed by atoms with E-state index in [0.717, 1.165) is 5.54 Å². The molecule has 0 saturated carbocycles. The van der Waals surface area contributed by atoms with Crippen molar-refractivity contribution in [1.29, 1.82) is 0 Å². The van der Waals surface area contributed by atoms with Crippen LogP contribution in [0.25, 0.3) is 0 Å². The van der Waals surface area contributed by atoms with Crippen LogP contribution in [-0.2, 0) is 4.79 Å². The van der Waals surface area contributed by atoms with Crippen LogP contribution < -0.4 is 0 Å². The summed E-state index contributed by atoms with van der Waals surface area (Å²) in [6.45, 7) is 0. The molecule has 0 rings (SSSR count). The molecule has 0 N–H and O–H groups in total. The van der Waals surface area contributed by atoms with Crippen LogP contribution in [0.4, 0.5) is 0 Å². The summed E-state index contributed by atoms with van der Waals surface area (Å²) in [4.78, 5) is 9.33. The summed E-state index contributed by atoms with van der Waals surface area (Å²) in [6.07, 6.45) is 1.36. The largest absolute Gasteiger partial charge is 0.284 e. The van der Waals surface area contributed by atoms with Crippen LogP contribution in [0.15, 0.2) is 10.6 Å². The predicted octanol–water partition coefficient (Wildman–Crippen LogP) is 1.42. The molecular formula is C3HCl2O. The van der Waals surface area contributed by atoms with Crippen molar-refractivity contribution < 1.29 is 4.79 Å². The highest BCUT2D eigenvalue weighted by Crippen LogP contribution is 1.95. The van der Waals surface area contributed by atoms with Crippen molar-refractivity contribution in [3.8, 4) is 0 Å². The Morgan fingerprint density at radius 2 is 2.33 bits per heavy atom. The normalized spacial score (nSPS) is 11.3. The highest BCUT2D eigenvalue weighted by molar-refractivity contribution is 6.43. The van der Waals surface area contributed by atoms with E-state index in [1.807, 2.05) is 0 Å². The van der Waals surface area contributed by atoms with Crippen molar-refractivity contribution in [2.45, 2.75) is 0 Å². The van der Waals surface area contributed by atoms with Gasteiger partial charge >= 0.3 is 0 Å². The van der Waals surface area contributed by atoms with Crippen molar-refractivity contribution in [2.75, 3.05) is 0 Å². The quantitative estimate of drug-likeness (QED) is 0.483. The Labute approximate surface area is 45.5 Å². The molecule has 0 unspecified atom stereocenters. The summed E-state index contributed by atoms with van der Waals surface area (Å²) < 4.78 is 0. The Morgan fingerprint density at radius 1 is 1.83 bits per heavy atom. The van der Waals surface area contributed by atoms with Gasteiger partial charge in [0, 0.05) is 5.54 Å². The first kappa shape index (κ1) is 5.99. The molecule has 0 aliphatic carbocycles. The van der Waals surface area contributed by atoms with Gasteiger partial charge in [0.2, 0.25) is 6.29 Å². The molecule has 0 aliphatic rings. The summed E-state index contributed by atoms with van der Waals surface area (Å²) in [6, 6.07) is 0. The Balaban J connectivity index is 3.50. The van der Waals surface area contributed by atoms with E-state index in [9.17, 15) is 4.79 Å². The van der Waals surface area contributed by atoms with Crippen LogP contribution in [0, 0.1) is 0 Å². The first-order valence-corrected chi connectivity index (χ1v) is 1.96. The van der Waals surface area contributed by atoms with Crippen molar-refractivity contribution >= 4 is 29.5 Å². The molecule has 6 heavy (non-hydrogen) atoms. The molecule has 0 saturated heterocycles. The van der Waals surface area contributed by atoms with Gasteiger partial charge in [0.15, 0.2) is 0 Å². The number of carbonyl (C=O) groups excluding carboxylic acids is 1. The average Bonchev–Trinajstić information content (AvgIpc) is 1.65. The lowest BCUT2D eigenvalue weighted by molar-refractivity contribution is 0.563. The van der Waals surface area contributed by atoms with Crippen LogP contribution in [-0.4, -0.2) is 6.29 Å². The molecule has 0 aliphatic heterocycles. The summed E-state index contributed by atoms with van der Waals surface area (Å²) in [5.74, 6) is 0. The van der Waals surface area contributed by atoms with E-state index in [1.54, 1.807) is 0 Å². The highest BCUT2D eigenvalue weighted by Gasteiger charge is 1.80. The second-order valence-corrected chi connectivity index (χ2v) is 1.18. The van der Waals surface area contributed by atoms with Crippen LogP contribution in [0.2, 0.25) is 0 Å². The molecule has 0 bridgehead atoms. The van der Waals surface area contributed by atoms with Gasteiger partial charge in [-0.2, -0.15) is 0 Å². The van der Waals surface area contributed by atoms with E-state index in [1.165, 1.54) is 6.29 Å². The van der Waals surface area contributed by atoms with Gasteiger partial charge in [-0.25, -0.2) is 0 Å². The van der Waals surface area contributed by atoms with Gasteiger partial charge in [-0.15, -0.1) is 0 Å². The first-order chi connectivity index (χ1) is 2.81. The SMILES string of the molecule is O=[C]/C(Cl)=C/Cl. The van der Waals surface area contributed by atoms with Crippen LogP contribution >= 0.6 is 23.2 Å². The van der Waals surface area contributed by atoms with Crippen molar-refractivity contribution in [1.82, 2.24) is 0 Å². The van der Waals surface area contributed by atoms with E-state index < -0.39 is 0 Å². The van der Waals surface area contributed by atoms with E-state index in [0.29, 0.717) is 0 Å². The molecule has 0 fully saturated rings. The van der Waals surface area contributed by atoms with Crippen LogP contribution in [0.3, 0.4) is 0 Å². The zero-order valence-electron chi connectivity index (χ0n) is 2.74. The molecule has 1 nitrogen and oxygen atoms in total. The Morgan fingerprint density at radius 3 is 2.33 bits per heavy atom. The fraction of sp³-hybridized carbons (Fsp3) is 0. The molecule has 3 heteroatoms. The molecule has 0 aromatic carbocycles. The molecule has 1 radical (unpaired) electrons. The second-order valence-electron chi connectivity index (χ2n) is 0.559. The third-order valence-electron chi connectivity index (χ3n) is 0.193. The minimum absolute atomic E-state index is 0.100. The van der Waals surface area contributed by atoms with Gasteiger partial charge in [-0.3, -0.25) is 4.79 Å². The van der Waals surface area contributed by atoms with Crippen molar-refractivity contribution in [3.05, 3.63) is 10.6 Å². The van der Waals surface area contributed by atoms with Gasteiger partial charge in [0.1, 0.15) is 5.03 Å². The van der Waals surface area contributed by atoms with Crippen molar-refractivity contribution in [2.24, 2.45) is 0 Å². The number of allylic oxidation sites excluding steroid dienone is 1. The molecule has 0 heterocycles. The third kappa shape index (κ3) is 2.24. The number of halogens is 2. The summed E-state index contributed by atoms with van der Waals surface area (Å²) >= 11 is 9.85. The highest BCUT2D eigenvalue weighted by atomic mass is 35.5. The van der Waals surface area contributed by atoms with Gasteiger partial charge in [-0.1, -0.05) is 23.2 Å². The molecule has 0 aromatic rings. The Kier molecular flexibility index (Phi) is 3.19. The summed E-state index contributed by atoms with van der Waals surface area (Å²) in [5.41, 5.74) is 0.953. The van der Waals surface area contributed by atoms with Gasteiger partial charge in [0.05, 0.1) is 0 Å². The maximum absolute atomic E-state index is 9.33. The number of rotatable bonds is 1. The summed E-state index contributed by atoms with van der Waals surface area (Å²) in [5, 5.41) is -0.100. The third-order valence-corrected chi connectivity index (χ3v) is 0.709. The van der Waals surface area contributed by atoms with E-state index in [2.05, 4.69) is 0 Å². The van der Waals surface area contributed by atoms with Crippen LogP contribution in [0.1, 0.15) is 0 Å². The van der Waals surface area contributed by atoms with E-state index >= 15 is 0 Å². The molecule has 33 valence electrons. The fourth-order valence-corrected chi connectivity index (χ4v) is 0.0668. The monoisotopic (exact) mass is 123 g/mol. The lowest BCUT2D eigenvalue weighted by Gasteiger charge is -1.66. The smallest absolute Gasteiger partial charge is 0.246 e. The lowest BCUT2D eigenvalue weighted by atomic mass is 10.7. The lowest BCUT2D eigenvalue weighted by Crippen LogP contribution is -1.63. The van der Waals surface area contributed by atoms with Crippen LogP contribution in [0.5, 0.6) is 0 Å². The zero-order chi connectivity index (χ0) is 4.99. The Hall–Kier alpha value is -0.0100. The maximum atomic E-state index is 9.33. The van der Waals surface area contributed by atoms with E-state index in [-0.39, 0.29) is 5.03 Å². The number of hydrogen-bond donors (Lipinski definition) is 0. The minimum Gasteiger partial charge on any atom is -0.284 e. The summed E-state index contributed by atoms with van der Waals surface area (Å²) in [7, 11) is 0. The molecule has 0 atom stereocenters. The van der Waals surface area contributed by atoms with Gasteiger partial charge in [-0.05, 0) is 0 Å². The number of hydrogen-bond acceptors (Lipinski definition) is 1. The zero-order valence-corrected chi connectivity index (χ0v) is 4.25. The second kappa shape index (κ2) is 3.19. The van der Waals surface area contributed by atoms with Gasteiger partial charge in [0.25, 0.3) is 0 Å². The van der Waals surface area contributed by atoms with Gasteiger partial charge < -0.3 is 0 Å². The van der Waals surface area contributed by atoms with E-state index in [4.69, 9.17) is 23.2 Å². The fourth-order valence-electron chi connectivity index (χ4n) is 0.0223. The molecular weight excluding hydrogens is 123 g/mol. The Bertz CT molecular complexity index is 76.9. The standard InChI is InChI=1S/C3HCl2O/c4-1-3(5)2-6/h1H/b3-1-.